The van der Waals surface area contributed by atoms with Crippen LogP contribution in [-0.2, 0) is 9.59 Å². The van der Waals surface area contributed by atoms with Crippen molar-refractivity contribution in [1.29, 1.82) is 0 Å². The number of aryl methyl sites for hydroxylation is 1. The molecule has 1 unspecified atom stereocenters. The quantitative estimate of drug-likeness (QED) is 0.743. The first-order valence-electron chi connectivity index (χ1n) is 5.39. The molecule has 0 saturated heterocycles. The second kappa shape index (κ2) is 6.33. The lowest BCUT2D eigenvalue weighted by atomic mass is 10.1. The predicted molar refractivity (Wildman–Crippen MR) is 71.6 cm³/mol. The summed E-state index contributed by atoms with van der Waals surface area (Å²) >= 11 is 3.23. The van der Waals surface area contributed by atoms with Crippen LogP contribution in [0, 0.1) is 6.92 Å². The first kappa shape index (κ1) is 15.2. The van der Waals surface area contributed by atoms with E-state index in [1.165, 1.54) is 0 Å². The van der Waals surface area contributed by atoms with Crippen molar-refractivity contribution in [1.82, 2.24) is 5.32 Å². The summed E-state index contributed by atoms with van der Waals surface area (Å²) in [6, 6.07) is 3.69. The van der Waals surface area contributed by atoms with E-state index in [4.69, 9.17) is 10.8 Å². The Labute approximate surface area is 118 Å². The zero-order valence-electron chi connectivity index (χ0n) is 10.1. The minimum absolute atomic E-state index is 0.293. The standard InChI is InChI=1S/C12H13BrN2O4/c1-6-2-3-7(8(13)4-6)11(17)15-9(12(18)19)5-10(14)16/h2-4,9H,5H2,1H3,(H2,14,16)(H,15,17)(H,18,19). The SMILES string of the molecule is Cc1ccc(C(=O)NC(CC(N)=O)C(=O)O)c(Br)c1. The second-order valence-electron chi connectivity index (χ2n) is 4.02. The summed E-state index contributed by atoms with van der Waals surface area (Å²) in [6.07, 6.45) is -0.454. The Kier molecular flexibility index (Phi) is 5.05. The molecule has 4 N–H and O–H groups in total. The van der Waals surface area contributed by atoms with Crippen molar-refractivity contribution in [2.45, 2.75) is 19.4 Å². The minimum atomic E-state index is -1.33. The number of primary amides is 1. The van der Waals surface area contributed by atoms with Crippen molar-refractivity contribution in [2.75, 3.05) is 0 Å². The number of aliphatic carboxylic acids is 1. The number of carboxylic acid groups (broad SMARTS) is 1. The Bertz CT molecular complexity index is 530. The third-order valence-electron chi connectivity index (χ3n) is 2.38. The molecule has 0 radical (unpaired) electrons. The largest absolute Gasteiger partial charge is 0.480 e. The van der Waals surface area contributed by atoms with Crippen molar-refractivity contribution >= 4 is 33.7 Å². The molecule has 0 saturated carbocycles. The van der Waals surface area contributed by atoms with Crippen molar-refractivity contribution in [3.05, 3.63) is 33.8 Å². The number of nitrogens with one attached hydrogen (secondary N) is 1. The van der Waals surface area contributed by atoms with Crippen LogP contribution < -0.4 is 11.1 Å². The summed E-state index contributed by atoms with van der Waals surface area (Å²) in [7, 11) is 0. The first-order valence-corrected chi connectivity index (χ1v) is 6.18. The Morgan fingerprint density at radius 2 is 2.05 bits per heavy atom. The maximum atomic E-state index is 11.9. The summed E-state index contributed by atoms with van der Waals surface area (Å²) in [6.45, 7) is 1.86. The molecule has 1 rings (SSSR count). The summed E-state index contributed by atoms with van der Waals surface area (Å²) < 4.78 is 0.549. The average molecular weight is 329 g/mol. The van der Waals surface area contributed by atoms with Gasteiger partial charge >= 0.3 is 5.97 Å². The Morgan fingerprint density at radius 1 is 1.42 bits per heavy atom. The molecule has 6 nitrogen and oxygen atoms in total. The number of amides is 2. The number of rotatable bonds is 5. The van der Waals surface area contributed by atoms with Crippen molar-refractivity contribution in [3.63, 3.8) is 0 Å². The van der Waals surface area contributed by atoms with Crippen LogP contribution in [0.4, 0.5) is 0 Å². The zero-order valence-corrected chi connectivity index (χ0v) is 11.7. The average Bonchev–Trinajstić information content (AvgIpc) is 2.26. The van der Waals surface area contributed by atoms with Gasteiger partial charge in [-0.3, -0.25) is 9.59 Å². The van der Waals surface area contributed by atoms with Gasteiger partial charge in [-0.05, 0) is 40.5 Å². The monoisotopic (exact) mass is 328 g/mol. The molecule has 0 aliphatic heterocycles. The Balaban J connectivity index is 2.87. The highest BCUT2D eigenvalue weighted by atomic mass is 79.9. The van der Waals surface area contributed by atoms with Crippen LogP contribution in [0.15, 0.2) is 22.7 Å². The van der Waals surface area contributed by atoms with Crippen molar-refractivity contribution in [2.24, 2.45) is 5.73 Å². The van der Waals surface area contributed by atoms with E-state index < -0.39 is 30.2 Å². The number of carbonyl (C=O) groups excluding carboxylic acids is 2. The van der Waals surface area contributed by atoms with E-state index in [2.05, 4.69) is 21.2 Å². The van der Waals surface area contributed by atoms with E-state index >= 15 is 0 Å². The highest BCUT2D eigenvalue weighted by molar-refractivity contribution is 9.10. The van der Waals surface area contributed by atoms with Crippen LogP contribution in [0.2, 0.25) is 0 Å². The van der Waals surface area contributed by atoms with E-state index in [1.54, 1.807) is 18.2 Å². The highest BCUT2D eigenvalue weighted by Gasteiger charge is 2.23. The Morgan fingerprint density at radius 3 is 2.53 bits per heavy atom. The van der Waals surface area contributed by atoms with Gasteiger partial charge in [0.2, 0.25) is 5.91 Å². The van der Waals surface area contributed by atoms with Gasteiger partial charge in [-0.15, -0.1) is 0 Å². The van der Waals surface area contributed by atoms with E-state index in [1.807, 2.05) is 6.92 Å². The maximum Gasteiger partial charge on any atom is 0.326 e. The maximum absolute atomic E-state index is 11.9. The number of carboxylic acids is 1. The molecular weight excluding hydrogens is 316 g/mol. The van der Waals surface area contributed by atoms with Gasteiger partial charge in [-0.2, -0.15) is 0 Å². The molecule has 0 aromatic heterocycles. The van der Waals surface area contributed by atoms with E-state index in [0.29, 0.717) is 10.0 Å². The Hall–Kier alpha value is -1.89. The third kappa shape index (κ3) is 4.36. The van der Waals surface area contributed by atoms with Gasteiger partial charge in [0.05, 0.1) is 12.0 Å². The van der Waals surface area contributed by atoms with Gasteiger partial charge in [0, 0.05) is 4.47 Å². The lowest BCUT2D eigenvalue weighted by molar-refractivity contribution is -0.140. The van der Waals surface area contributed by atoms with E-state index in [-0.39, 0.29) is 0 Å². The molecule has 0 spiro atoms. The summed E-state index contributed by atoms with van der Waals surface area (Å²) in [5, 5.41) is 11.2. The summed E-state index contributed by atoms with van der Waals surface area (Å²) in [4.78, 5) is 33.6. The van der Waals surface area contributed by atoms with E-state index in [9.17, 15) is 14.4 Å². The van der Waals surface area contributed by atoms with Crippen molar-refractivity contribution in [3.8, 4) is 0 Å². The number of nitrogens with two attached hydrogens (primary N) is 1. The fourth-order valence-electron chi connectivity index (χ4n) is 1.44. The van der Waals surface area contributed by atoms with Crippen LogP contribution in [0.25, 0.3) is 0 Å². The van der Waals surface area contributed by atoms with Gasteiger partial charge < -0.3 is 16.2 Å². The lowest BCUT2D eigenvalue weighted by Crippen LogP contribution is -2.43. The molecule has 0 bridgehead atoms. The van der Waals surface area contributed by atoms with Gasteiger partial charge in [-0.25, -0.2) is 4.79 Å². The molecule has 0 fully saturated rings. The summed E-state index contributed by atoms with van der Waals surface area (Å²) in [5.41, 5.74) is 6.18. The number of halogens is 1. The summed E-state index contributed by atoms with van der Waals surface area (Å²) in [5.74, 6) is -2.69. The fraction of sp³-hybridized carbons (Fsp3) is 0.250. The van der Waals surface area contributed by atoms with Gasteiger partial charge in [0.1, 0.15) is 6.04 Å². The molecule has 2 amide bonds. The molecule has 1 aromatic carbocycles. The molecule has 0 aliphatic carbocycles. The molecular formula is C12H13BrN2O4. The molecule has 1 atom stereocenters. The first-order chi connectivity index (χ1) is 8.81. The fourth-order valence-corrected chi connectivity index (χ4v) is 2.11. The number of hydrogen-bond acceptors (Lipinski definition) is 3. The second-order valence-corrected chi connectivity index (χ2v) is 4.87. The van der Waals surface area contributed by atoms with Gasteiger partial charge in [-0.1, -0.05) is 6.07 Å². The molecule has 102 valence electrons. The third-order valence-corrected chi connectivity index (χ3v) is 3.03. The molecule has 7 heteroatoms. The molecule has 0 aliphatic rings. The predicted octanol–water partition coefficient (Wildman–Crippen LogP) is 0.816. The molecule has 0 heterocycles. The van der Waals surface area contributed by atoms with E-state index in [0.717, 1.165) is 5.56 Å². The normalized spacial score (nSPS) is 11.7. The zero-order chi connectivity index (χ0) is 14.6. The van der Waals surface area contributed by atoms with Crippen LogP contribution in [0.1, 0.15) is 22.3 Å². The lowest BCUT2D eigenvalue weighted by Gasteiger charge is -2.13. The number of hydrogen-bond donors (Lipinski definition) is 3. The molecule has 1 aromatic rings. The number of benzene rings is 1. The van der Waals surface area contributed by atoms with Crippen LogP contribution in [0.5, 0.6) is 0 Å². The smallest absolute Gasteiger partial charge is 0.326 e. The van der Waals surface area contributed by atoms with Crippen molar-refractivity contribution < 1.29 is 19.5 Å². The van der Waals surface area contributed by atoms with Crippen LogP contribution in [0.3, 0.4) is 0 Å². The van der Waals surface area contributed by atoms with Crippen LogP contribution >= 0.6 is 15.9 Å². The number of carbonyl (C=O) groups is 3. The molecule has 19 heavy (non-hydrogen) atoms. The topological polar surface area (TPSA) is 109 Å². The van der Waals surface area contributed by atoms with Crippen LogP contribution in [-0.4, -0.2) is 28.9 Å². The highest BCUT2D eigenvalue weighted by Crippen LogP contribution is 2.18. The van der Waals surface area contributed by atoms with Gasteiger partial charge in [0.15, 0.2) is 0 Å². The minimum Gasteiger partial charge on any atom is -0.480 e. The van der Waals surface area contributed by atoms with Gasteiger partial charge in [0.25, 0.3) is 5.91 Å².